The van der Waals surface area contributed by atoms with Gasteiger partial charge in [-0.05, 0) is 26.5 Å². The Morgan fingerprint density at radius 1 is 1.53 bits per heavy atom. The molecule has 1 unspecified atom stereocenters. The highest BCUT2D eigenvalue weighted by Crippen LogP contribution is 2.28. The lowest BCUT2D eigenvalue weighted by Gasteiger charge is -2.18. The zero-order valence-corrected chi connectivity index (χ0v) is 11.0. The fourth-order valence-electron chi connectivity index (χ4n) is 1.99. The van der Waals surface area contributed by atoms with Crippen LogP contribution in [0.1, 0.15) is 35.8 Å². The molecule has 5 nitrogen and oxygen atoms in total. The number of imide groups is 1. The first-order valence-electron chi connectivity index (χ1n) is 6.19. The first-order valence-corrected chi connectivity index (χ1v) is 6.19. The molecule has 1 saturated heterocycles. The first-order chi connectivity index (χ1) is 9.11. The Kier molecular flexibility index (Phi) is 4.03. The molecule has 0 spiro atoms. The third-order valence-electron chi connectivity index (χ3n) is 3.01. The van der Waals surface area contributed by atoms with Gasteiger partial charge in [-0.2, -0.15) is 0 Å². The molecule has 2 heterocycles. The van der Waals surface area contributed by atoms with Gasteiger partial charge in [0, 0.05) is 6.42 Å². The summed E-state index contributed by atoms with van der Waals surface area (Å²) in [7, 11) is 1.83. The van der Waals surface area contributed by atoms with Gasteiger partial charge in [0.1, 0.15) is 11.5 Å². The van der Waals surface area contributed by atoms with Gasteiger partial charge in [0.05, 0.1) is 18.0 Å². The second-order valence-electron chi connectivity index (χ2n) is 4.45. The van der Waals surface area contributed by atoms with Gasteiger partial charge in [-0.15, -0.1) is 0 Å². The third kappa shape index (κ3) is 3.04. The van der Waals surface area contributed by atoms with E-state index in [1.807, 2.05) is 14.0 Å². The zero-order valence-electron chi connectivity index (χ0n) is 11.0. The number of piperidine rings is 1. The highest BCUT2D eigenvalue weighted by molar-refractivity contribution is 6.00. The Balaban J connectivity index is 2.18. The van der Waals surface area contributed by atoms with E-state index in [0.29, 0.717) is 30.9 Å². The second-order valence-corrected chi connectivity index (χ2v) is 4.45. The molecule has 19 heavy (non-hydrogen) atoms. The molecule has 1 atom stereocenters. The molecule has 1 aromatic rings. The van der Waals surface area contributed by atoms with E-state index in [0.717, 1.165) is 5.56 Å². The van der Waals surface area contributed by atoms with E-state index in [2.05, 4.69) is 22.5 Å². The first kappa shape index (κ1) is 13.4. The maximum atomic E-state index is 11.7. The lowest BCUT2D eigenvalue weighted by molar-refractivity contribution is -0.134. The summed E-state index contributed by atoms with van der Waals surface area (Å²) in [4.78, 5) is 22.9. The van der Waals surface area contributed by atoms with Crippen molar-refractivity contribution in [2.45, 2.75) is 25.7 Å². The van der Waals surface area contributed by atoms with Crippen molar-refractivity contribution in [1.82, 2.24) is 10.6 Å². The molecule has 0 aromatic carbocycles. The van der Waals surface area contributed by atoms with E-state index in [4.69, 9.17) is 4.42 Å². The summed E-state index contributed by atoms with van der Waals surface area (Å²) in [5.41, 5.74) is 0.787. The van der Waals surface area contributed by atoms with E-state index in [1.54, 1.807) is 6.07 Å². The average Bonchev–Trinajstić information content (AvgIpc) is 2.71. The average molecular weight is 260 g/mol. The van der Waals surface area contributed by atoms with Crippen LogP contribution in [-0.2, 0) is 9.59 Å². The normalized spacial score (nSPS) is 18.7. The minimum absolute atomic E-state index is 0.224. The summed E-state index contributed by atoms with van der Waals surface area (Å²) in [6.45, 7) is 2.41. The van der Waals surface area contributed by atoms with Crippen molar-refractivity contribution in [3.63, 3.8) is 0 Å². The Hall–Kier alpha value is -2.06. The Labute approximate surface area is 111 Å². The van der Waals surface area contributed by atoms with E-state index in [1.165, 1.54) is 0 Å². The Morgan fingerprint density at radius 3 is 3.00 bits per heavy atom. The fourth-order valence-corrected chi connectivity index (χ4v) is 1.99. The number of carbonyl (C=O) groups is 2. The number of hydrogen-bond acceptors (Lipinski definition) is 4. The summed E-state index contributed by atoms with van der Waals surface area (Å²) in [6, 6.07) is 1.79. The molecular formula is C14H16N2O3. The van der Waals surface area contributed by atoms with E-state index >= 15 is 0 Å². The molecule has 2 amide bonds. The molecular weight excluding hydrogens is 244 g/mol. The highest BCUT2D eigenvalue weighted by Gasteiger charge is 2.30. The summed E-state index contributed by atoms with van der Waals surface area (Å²) < 4.78 is 5.60. The summed E-state index contributed by atoms with van der Waals surface area (Å²) in [6.07, 6.45) is 0.831. The quantitative estimate of drug-likeness (QED) is 0.606. The molecule has 5 heteroatoms. The molecule has 2 rings (SSSR count). The highest BCUT2D eigenvalue weighted by atomic mass is 16.3. The maximum Gasteiger partial charge on any atom is 0.237 e. The monoisotopic (exact) mass is 260 g/mol. The predicted molar refractivity (Wildman–Crippen MR) is 69.4 cm³/mol. The van der Waals surface area contributed by atoms with Crippen molar-refractivity contribution >= 4 is 11.8 Å². The number of amides is 2. The molecule has 2 N–H and O–H groups in total. The van der Waals surface area contributed by atoms with Crippen molar-refractivity contribution in [2.24, 2.45) is 0 Å². The summed E-state index contributed by atoms with van der Waals surface area (Å²) in [5.74, 6) is 6.31. The van der Waals surface area contributed by atoms with Crippen LogP contribution >= 0.6 is 0 Å². The third-order valence-corrected chi connectivity index (χ3v) is 3.01. The van der Waals surface area contributed by atoms with Crippen molar-refractivity contribution in [3.05, 3.63) is 23.2 Å². The zero-order chi connectivity index (χ0) is 13.8. The van der Waals surface area contributed by atoms with Crippen LogP contribution in [0.2, 0.25) is 0 Å². The van der Waals surface area contributed by atoms with Gasteiger partial charge < -0.3 is 9.73 Å². The van der Waals surface area contributed by atoms with E-state index in [9.17, 15) is 9.59 Å². The van der Waals surface area contributed by atoms with Crippen LogP contribution in [0.4, 0.5) is 0 Å². The van der Waals surface area contributed by atoms with Crippen LogP contribution < -0.4 is 10.6 Å². The summed E-state index contributed by atoms with van der Waals surface area (Å²) in [5, 5.41) is 5.26. The molecule has 0 radical (unpaired) electrons. The molecule has 100 valence electrons. The van der Waals surface area contributed by atoms with E-state index in [-0.39, 0.29) is 11.8 Å². The van der Waals surface area contributed by atoms with Crippen molar-refractivity contribution in [1.29, 1.82) is 0 Å². The maximum absolute atomic E-state index is 11.7. The number of rotatable bonds is 2. The lowest BCUT2D eigenvalue weighted by Crippen LogP contribution is -2.39. The number of furan rings is 1. The van der Waals surface area contributed by atoms with Crippen LogP contribution in [0.3, 0.4) is 0 Å². The Bertz CT molecular complexity index is 563. The van der Waals surface area contributed by atoms with Gasteiger partial charge in [0.25, 0.3) is 0 Å². The SMILES string of the molecule is CNCC#Cc1cc(C2CCC(=O)NC2=O)oc1C. The van der Waals surface area contributed by atoms with Crippen LogP contribution in [-0.4, -0.2) is 25.4 Å². The van der Waals surface area contributed by atoms with Crippen molar-refractivity contribution in [2.75, 3.05) is 13.6 Å². The molecule has 1 aliphatic rings. The van der Waals surface area contributed by atoms with Crippen molar-refractivity contribution < 1.29 is 14.0 Å². The van der Waals surface area contributed by atoms with Gasteiger partial charge in [-0.1, -0.05) is 11.8 Å². The second kappa shape index (κ2) is 5.72. The van der Waals surface area contributed by atoms with Crippen LogP contribution in [0.15, 0.2) is 10.5 Å². The molecule has 1 fully saturated rings. The standard InChI is InChI=1S/C14H16N2O3/c1-9-10(4-3-7-15-2)8-12(19-9)11-5-6-13(17)16-14(11)18/h8,11,15H,5-7H2,1-2H3,(H,16,17,18). The number of hydrogen-bond donors (Lipinski definition) is 2. The predicted octanol–water partition coefficient (Wildman–Crippen LogP) is 0.679. The van der Waals surface area contributed by atoms with Gasteiger partial charge in [0.2, 0.25) is 11.8 Å². The minimum Gasteiger partial charge on any atom is -0.464 e. The number of nitrogens with one attached hydrogen (secondary N) is 2. The molecule has 0 aliphatic carbocycles. The largest absolute Gasteiger partial charge is 0.464 e. The van der Waals surface area contributed by atoms with Gasteiger partial charge in [-0.25, -0.2) is 0 Å². The summed E-state index contributed by atoms with van der Waals surface area (Å²) >= 11 is 0. The Morgan fingerprint density at radius 2 is 2.32 bits per heavy atom. The molecule has 0 saturated carbocycles. The fraction of sp³-hybridized carbons (Fsp3) is 0.429. The smallest absolute Gasteiger partial charge is 0.237 e. The van der Waals surface area contributed by atoms with Crippen LogP contribution in [0.5, 0.6) is 0 Å². The molecule has 1 aliphatic heterocycles. The lowest BCUT2D eigenvalue weighted by atomic mass is 9.95. The van der Waals surface area contributed by atoms with Gasteiger partial charge in [-0.3, -0.25) is 14.9 Å². The van der Waals surface area contributed by atoms with E-state index < -0.39 is 5.92 Å². The van der Waals surface area contributed by atoms with Gasteiger partial charge in [0.15, 0.2) is 0 Å². The number of aryl methyl sites for hydroxylation is 1. The number of carbonyl (C=O) groups excluding carboxylic acids is 2. The van der Waals surface area contributed by atoms with Crippen LogP contribution in [0, 0.1) is 18.8 Å². The van der Waals surface area contributed by atoms with Crippen LogP contribution in [0.25, 0.3) is 0 Å². The topological polar surface area (TPSA) is 71.3 Å². The molecule has 1 aromatic heterocycles. The van der Waals surface area contributed by atoms with Gasteiger partial charge >= 0.3 is 0 Å². The minimum atomic E-state index is -0.392. The molecule has 0 bridgehead atoms. The van der Waals surface area contributed by atoms with Crippen molar-refractivity contribution in [3.8, 4) is 11.8 Å².